The Morgan fingerprint density at radius 2 is 2.13 bits per heavy atom. The highest BCUT2D eigenvalue weighted by Gasteiger charge is 2.33. The molecule has 1 N–H and O–H groups in total. The van der Waals surface area contributed by atoms with Crippen molar-refractivity contribution in [2.24, 2.45) is 11.8 Å². The average molecular weight is 316 g/mol. The molecule has 4 nitrogen and oxygen atoms in total. The number of hydrogen-bond acceptors (Lipinski definition) is 3. The molecule has 0 spiro atoms. The first-order valence-electron chi connectivity index (χ1n) is 8.67. The quantitative estimate of drug-likeness (QED) is 0.920. The molecule has 0 saturated heterocycles. The van der Waals surface area contributed by atoms with Crippen molar-refractivity contribution < 1.29 is 9.53 Å². The second-order valence-electron chi connectivity index (χ2n) is 7.91. The van der Waals surface area contributed by atoms with Crippen molar-refractivity contribution in [1.29, 1.82) is 0 Å². The molecule has 2 aliphatic rings. The van der Waals surface area contributed by atoms with Crippen LogP contribution in [-0.4, -0.2) is 24.8 Å². The van der Waals surface area contributed by atoms with E-state index in [0.29, 0.717) is 6.54 Å². The van der Waals surface area contributed by atoms with Crippen LogP contribution in [0.25, 0.3) is 0 Å². The van der Waals surface area contributed by atoms with Gasteiger partial charge in [0, 0.05) is 13.1 Å². The first-order valence-corrected chi connectivity index (χ1v) is 8.67. The molecule has 1 amide bonds. The zero-order valence-corrected chi connectivity index (χ0v) is 14.7. The average Bonchev–Trinajstić information content (AvgIpc) is 2.98. The van der Waals surface area contributed by atoms with Crippen LogP contribution in [0, 0.1) is 11.8 Å². The molecule has 3 rings (SSSR count). The summed E-state index contributed by atoms with van der Waals surface area (Å²) >= 11 is 0. The van der Waals surface area contributed by atoms with Gasteiger partial charge >= 0.3 is 6.09 Å². The predicted octanol–water partition coefficient (Wildman–Crippen LogP) is 3.73. The van der Waals surface area contributed by atoms with Crippen LogP contribution in [0.5, 0.6) is 0 Å². The fourth-order valence-corrected chi connectivity index (χ4v) is 3.25. The largest absolute Gasteiger partial charge is 0.443 e. The molecule has 1 aromatic carbocycles. The molecule has 1 heterocycles. The van der Waals surface area contributed by atoms with E-state index in [1.807, 2.05) is 20.8 Å². The van der Waals surface area contributed by atoms with Gasteiger partial charge in [-0.15, -0.1) is 0 Å². The van der Waals surface area contributed by atoms with Crippen molar-refractivity contribution in [2.45, 2.75) is 52.7 Å². The molecule has 1 aliphatic heterocycles. The molecule has 1 saturated carbocycles. The van der Waals surface area contributed by atoms with E-state index in [4.69, 9.17) is 4.74 Å². The molecule has 0 aromatic heterocycles. The third kappa shape index (κ3) is 3.86. The van der Waals surface area contributed by atoms with Crippen LogP contribution in [0.15, 0.2) is 18.2 Å². The van der Waals surface area contributed by atoms with Gasteiger partial charge in [0.15, 0.2) is 0 Å². The highest BCUT2D eigenvalue weighted by Crippen LogP contribution is 2.37. The molecule has 0 radical (unpaired) electrons. The molecule has 1 aromatic rings. The summed E-state index contributed by atoms with van der Waals surface area (Å²) in [5, 5.41) is 3.55. The number of hydrogen-bond donors (Lipinski definition) is 1. The van der Waals surface area contributed by atoms with Gasteiger partial charge in [-0.05, 0) is 63.1 Å². The summed E-state index contributed by atoms with van der Waals surface area (Å²) in [6.07, 6.45) is 2.01. The summed E-state index contributed by atoms with van der Waals surface area (Å²) in [4.78, 5) is 14.3. The van der Waals surface area contributed by atoms with E-state index in [2.05, 4.69) is 30.4 Å². The van der Waals surface area contributed by atoms with E-state index in [9.17, 15) is 4.79 Å². The van der Waals surface area contributed by atoms with Crippen molar-refractivity contribution in [3.63, 3.8) is 0 Å². The fourth-order valence-electron chi connectivity index (χ4n) is 3.25. The number of carbonyl (C=O) groups excluding carboxylic acids is 1. The molecule has 0 bridgehead atoms. The molecule has 2 atom stereocenters. The lowest BCUT2D eigenvalue weighted by atomic mass is 10.1. The lowest BCUT2D eigenvalue weighted by Gasteiger charge is -2.26. The van der Waals surface area contributed by atoms with Crippen LogP contribution in [0.2, 0.25) is 0 Å². The molecular weight excluding hydrogens is 288 g/mol. The van der Waals surface area contributed by atoms with Gasteiger partial charge < -0.3 is 10.1 Å². The summed E-state index contributed by atoms with van der Waals surface area (Å²) in [5.41, 5.74) is 3.03. The van der Waals surface area contributed by atoms with Crippen LogP contribution in [0.4, 0.5) is 10.5 Å². The van der Waals surface area contributed by atoms with Crippen molar-refractivity contribution in [3.8, 4) is 0 Å². The number of fused-ring (bicyclic) bond motifs is 1. The lowest BCUT2D eigenvalue weighted by molar-refractivity contribution is 0.0583. The molecule has 23 heavy (non-hydrogen) atoms. The van der Waals surface area contributed by atoms with Gasteiger partial charge in [-0.1, -0.05) is 25.1 Å². The SMILES string of the molecule is CC1CC1CNCc1cccc2c1N(C(=O)OC(C)(C)C)CC2. The van der Waals surface area contributed by atoms with Gasteiger partial charge in [-0.25, -0.2) is 4.79 Å². The van der Waals surface area contributed by atoms with E-state index >= 15 is 0 Å². The Morgan fingerprint density at radius 1 is 1.39 bits per heavy atom. The number of anilines is 1. The van der Waals surface area contributed by atoms with Crippen LogP contribution in [0.3, 0.4) is 0 Å². The topological polar surface area (TPSA) is 41.6 Å². The van der Waals surface area contributed by atoms with Gasteiger partial charge in [0.05, 0.1) is 5.69 Å². The summed E-state index contributed by atoms with van der Waals surface area (Å²) in [6.45, 7) is 10.6. The van der Waals surface area contributed by atoms with Gasteiger partial charge in [-0.2, -0.15) is 0 Å². The molecule has 1 aliphatic carbocycles. The minimum Gasteiger partial charge on any atom is -0.443 e. The maximum atomic E-state index is 12.5. The number of carbonyl (C=O) groups is 1. The first-order chi connectivity index (χ1) is 10.8. The Bertz CT molecular complexity index is 592. The molecule has 2 unspecified atom stereocenters. The van der Waals surface area contributed by atoms with Crippen LogP contribution >= 0.6 is 0 Å². The van der Waals surface area contributed by atoms with E-state index in [-0.39, 0.29) is 6.09 Å². The number of nitrogens with zero attached hydrogens (tertiary/aromatic N) is 1. The molecule has 126 valence electrons. The zero-order chi connectivity index (χ0) is 16.6. The van der Waals surface area contributed by atoms with E-state index in [1.54, 1.807) is 4.90 Å². The van der Waals surface area contributed by atoms with Crippen molar-refractivity contribution in [3.05, 3.63) is 29.3 Å². The van der Waals surface area contributed by atoms with Crippen molar-refractivity contribution >= 4 is 11.8 Å². The molecule has 4 heteroatoms. The standard InChI is InChI=1S/C19H28N2O2/c1-13-10-16(13)12-20-11-15-7-5-6-14-8-9-21(17(14)15)18(22)23-19(2,3)4/h5-7,13,16,20H,8-12H2,1-4H3. The smallest absolute Gasteiger partial charge is 0.414 e. The Hall–Kier alpha value is -1.55. The third-order valence-electron chi connectivity index (χ3n) is 4.69. The maximum absolute atomic E-state index is 12.5. The predicted molar refractivity (Wildman–Crippen MR) is 92.7 cm³/mol. The highest BCUT2D eigenvalue weighted by molar-refractivity contribution is 5.91. The van der Waals surface area contributed by atoms with Gasteiger partial charge in [0.25, 0.3) is 0 Å². The first kappa shape index (κ1) is 16.3. The number of rotatable bonds is 4. The van der Waals surface area contributed by atoms with Gasteiger partial charge in [0.2, 0.25) is 0 Å². The number of para-hydroxylation sites is 1. The Kier molecular flexibility index (Phi) is 4.37. The Labute approximate surface area is 139 Å². The summed E-state index contributed by atoms with van der Waals surface area (Å²) in [7, 11) is 0. The summed E-state index contributed by atoms with van der Waals surface area (Å²) < 4.78 is 5.57. The normalized spacial score (nSPS) is 22.9. The van der Waals surface area contributed by atoms with E-state index in [0.717, 1.165) is 37.0 Å². The fraction of sp³-hybridized carbons (Fsp3) is 0.632. The van der Waals surface area contributed by atoms with Gasteiger partial charge in [-0.3, -0.25) is 4.90 Å². The maximum Gasteiger partial charge on any atom is 0.414 e. The number of amides is 1. The third-order valence-corrected chi connectivity index (χ3v) is 4.69. The number of benzene rings is 1. The van der Waals surface area contributed by atoms with E-state index < -0.39 is 5.60 Å². The van der Waals surface area contributed by atoms with Crippen LogP contribution in [0.1, 0.15) is 45.2 Å². The van der Waals surface area contributed by atoms with Gasteiger partial charge in [0.1, 0.15) is 5.60 Å². The Morgan fingerprint density at radius 3 is 2.78 bits per heavy atom. The minimum absolute atomic E-state index is 0.237. The second kappa shape index (κ2) is 6.16. The zero-order valence-electron chi connectivity index (χ0n) is 14.7. The Balaban J connectivity index is 1.70. The summed E-state index contributed by atoms with van der Waals surface area (Å²) in [5.74, 6) is 1.69. The number of nitrogens with one attached hydrogen (secondary N) is 1. The molecule has 1 fully saturated rings. The van der Waals surface area contributed by atoms with Crippen LogP contribution < -0.4 is 10.2 Å². The van der Waals surface area contributed by atoms with Crippen LogP contribution in [-0.2, 0) is 17.7 Å². The monoisotopic (exact) mass is 316 g/mol. The van der Waals surface area contributed by atoms with Crippen molar-refractivity contribution in [1.82, 2.24) is 5.32 Å². The van der Waals surface area contributed by atoms with E-state index in [1.165, 1.54) is 17.5 Å². The minimum atomic E-state index is -0.463. The second-order valence-corrected chi connectivity index (χ2v) is 7.91. The highest BCUT2D eigenvalue weighted by atomic mass is 16.6. The number of ether oxygens (including phenoxy) is 1. The summed E-state index contributed by atoms with van der Waals surface area (Å²) in [6, 6.07) is 6.32. The molecular formula is C19H28N2O2. The lowest BCUT2D eigenvalue weighted by Crippen LogP contribution is -2.36. The van der Waals surface area contributed by atoms with Crippen molar-refractivity contribution in [2.75, 3.05) is 18.0 Å².